The van der Waals surface area contributed by atoms with Gasteiger partial charge in [0.1, 0.15) is 5.69 Å². The number of hydrogen-bond donors (Lipinski definition) is 0. The van der Waals surface area contributed by atoms with Crippen LogP contribution in [0.3, 0.4) is 0 Å². The van der Waals surface area contributed by atoms with Gasteiger partial charge in [-0.3, -0.25) is 4.79 Å². The first kappa shape index (κ1) is 10.3. The summed E-state index contributed by atoms with van der Waals surface area (Å²) in [6.07, 6.45) is 7.03. The van der Waals surface area contributed by atoms with Gasteiger partial charge in [-0.05, 0) is 19.8 Å². The quantitative estimate of drug-likeness (QED) is 0.713. The highest BCUT2D eigenvalue weighted by atomic mass is 16.1. The first-order chi connectivity index (χ1) is 7.36. The van der Waals surface area contributed by atoms with E-state index in [4.69, 9.17) is 0 Å². The number of carbonyl (C=O) groups excluding carboxylic acids is 1. The van der Waals surface area contributed by atoms with Gasteiger partial charge in [0.05, 0.1) is 5.69 Å². The van der Waals surface area contributed by atoms with Gasteiger partial charge in [0.2, 0.25) is 0 Å². The SMILES string of the molecule is CCn1nnc(C2CCCCC2)c1C=O. The molecular formula is C11H17N3O. The van der Waals surface area contributed by atoms with E-state index in [9.17, 15) is 4.79 Å². The van der Waals surface area contributed by atoms with Crippen LogP contribution in [0.4, 0.5) is 0 Å². The largest absolute Gasteiger partial charge is 0.296 e. The third-order valence-electron chi connectivity index (χ3n) is 3.20. The molecule has 4 nitrogen and oxygen atoms in total. The third-order valence-corrected chi connectivity index (χ3v) is 3.20. The number of aldehydes is 1. The Balaban J connectivity index is 2.25. The number of rotatable bonds is 3. The molecule has 1 aliphatic rings. The van der Waals surface area contributed by atoms with Crippen LogP contribution in [0, 0.1) is 0 Å². The molecule has 0 radical (unpaired) electrons. The molecule has 1 aromatic heterocycles. The highest BCUT2D eigenvalue weighted by Crippen LogP contribution is 2.32. The minimum Gasteiger partial charge on any atom is -0.296 e. The number of nitrogens with zero attached hydrogens (tertiary/aromatic N) is 3. The molecule has 15 heavy (non-hydrogen) atoms. The van der Waals surface area contributed by atoms with Crippen LogP contribution in [-0.4, -0.2) is 21.3 Å². The predicted octanol–water partition coefficient (Wildman–Crippen LogP) is 2.16. The predicted molar refractivity (Wildman–Crippen MR) is 56.9 cm³/mol. The molecule has 0 atom stereocenters. The number of hydrogen-bond acceptors (Lipinski definition) is 3. The Hall–Kier alpha value is -1.19. The van der Waals surface area contributed by atoms with E-state index in [2.05, 4.69) is 10.3 Å². The minimum atomic E-state index is 0.458. The molecule has 0 aliphatic heterocycles. The summed E-state index contributed by atoms with van der Waals surface area (Å²) < 4.78 is 1.69. The summed E-state index contributed by atoms with van der Waals surface area (Å²) in [7, 11) is 0. The molecule has 1 aromatic rings. The number of aromatic nitrogens is 3. The standard InChI is InChI=1S/C11H17N3O/c1-2-14-10(8-15)11(12-13-14)9-6-4-3-5-7-9/h8-9H,2-7H2,1H3. The van der Waals surface area contributed by atoms with Crippen molar-refractivity contribution in [3.8, 4) is 0 Å². The van der Waals surface area contributed by atoms with Crippen LogP contribution in [-0.2, 0) is 6.54 Å². The van der Waals surface area contributed by atoms with Crippen molar-refractivity contribution >= 4 is 6.29 Å². The molecule has 0 aromatic carbocycles. The summed E-state index contributed by atoms with van der Waals surface area (Å²) in [4.78, 5) is 11.0. The van der Waals surface area contributed by atoms with Crippen molar-refractivity contribution in [2.45, 2.75) is 51.5 Å². The summed E-state index contributed by atoms with van der Waals surface area (Å²) in [6.45, 7) is 2.69. The first-order valence-electron chi connectivity index (χ1n) is 5.75. The maximum absolute atomic E-state index is 11.0. The molecule has 1 heterocycles. The lowest BCUT2D eigenvalue weighted by Crippen LogP contribution is -2.09. The monoisotopic (exact) mass is 207 g/mol. The Morgan fingerprint density at radius 1 is 1.40 bits per heavy atom. The van der Waals surface area contributed by atoms with Gasteiger partial charge in [-0.1, -0.05) is 24.5 Å². The Kier molecular flexibility index (Phi) is 3.14. The molecule has 82 valence electrons. The van der Waals surface area contributed by atoms with E-state index in [1.165, 1.54) is 19.3 Å². The normalized spacial score (nSPS) is 17.9. The second-order valence-corrected chi connectivity index (χ2v) is 4.13. The second kappa shape index (κ2) is 4.55. The van der Waals surface area contributed by atoms with Crippen LogP contribution in [0.15, 0.2) is 0 Å². The first-order valence-corrected chi connectivity index (χ1v) is 5.75. The van der Waals surface area contributed by atoms with Crippen molar-refractivity contribution in [3.05, 3.63) is 11.4 Å². The van der Waals surface area contributed by atoms with Crippen molar-refractivity contribution in [2.75, 3.05) is 0 Å². The Bertz CT molecular complexity index is 340. The highest BCUT2D eigenvalue weighted by molar-refractivity contribution is 5.73. The molecule has 0 spiro atoms. The van der Waals surface area contributed by atoms with Gasteiger partial charge < -0.3 is 0 Å². The molecule has 1 saturated carbocycles. The highest BCUT2D eigenvalue weighted by Gasteiger charge is 2.22. The average molecular weight is 207 g/mol. The van der Waals surface area contributed by atoms with Gasteiger partial charge in [-0.2, -0.15) is 0 Å². The van der Waals surface area contributed by atoms with Gasteiger partial charge in [0.15, 0.2) is 6.29 Å². The summed E-state index contributed by atoms with van der Waals surface area (Å²) in [5.74, 6) is 0.458. The third kappa shape index (κ3) is 1.94. The molecule has 0 bridgehead atoms. The van der Waals surface area contributed by atoms with Gasteiger partial charge in [-0.25, -0.2) is 4.68 Å². The van der Waals surface area contributed by atoms with Crippen molar-refractivity contribution in [1.82, 2.24) is 15.0 Å². The zero-order valence-electron chi connectivity index (χ0n) is 9.15. The Morgan fingerprint density at radius 2 is 2.13 bits per heavy atom. The van der Waals surface area contributed by atoms with E-state index in [-0.39, 0.29) is 0 Å². The lowest BCUT2D eigenvalue weighted by molar-refractivity contribution is 0.111. The van der Waals surface area contributed by atoms with E-state index < -0.39 is 0 Å². The maximum atomic E-state index is 11.0. The van der Waals surface area contributed by atoms with Crippen molar-refractivity contribution < 1.29 is 4.79 Å². The fourth-order valence-corrected chi connectivity index (χ4v) is 2.36. The van der Waals surface area contributed by atoms with Crippen LogP contribution in [0.1, 0.15) is 61.1 Å². The minimum absolute atomic E-state index is 0.458. The smallest absolute Gasteiger partial charge is 0.170 e. The molecule has 0 amide bonds. The zero-order valence-corrected chi connectivity index (χ0v) is 9.15. The van der Waals surface area contributed by atoms with Gasteiger partial charge >= 0.3 is 0 Å². The summed E-state index contributed by atoms with van der Waals surface area (Å²) in [6, 6.07) is 0. The van der Waals surface area contributed by atoms with Gasteiger partial charge in [0.25, 0.3) is 0 Å². The summed E-state index contributed by atoms with van der Waals surface area (Å²) >= 11 is 0. The van der Waals surface area contributed by atoms with E-state index >= 15 is 0 Å². The topological polar surface area (TPSA) is 47.8 Å². The van der Waals surface area contributed by atoms with Crippen LogP contribution in [0.5, 0.6) is 0 Å². The van der Waals surface area contributed by atoms with Crippen LogP contribution in [0.2, 0.25) is 0 Å². The Morgan fingerprint density at radius 3 is 2.73 bits per heavy atom. The molecule has 4 heteroatoms. The van der Waals surface area contributed by atoms with Gasteiger partial charge in [-0.15, -0.1) is 5.10 Å². The summed E-state index contributed by atoms with van der Waals surface area (Å²) in [5, 5.41) is 8.18. The summed E-state index contributed by atoms with van der Waals surface area (Å²) in [5.41, 5.74) is 1.61. The van der Waals surface area contributed by atoms with Gasteiger partial charge in [0, 0.05) is 12.5 Å². The van der Waals surface area contributed by atoms with Crippen LogP contribution in [0.25, 0.3) is 0 Å². The Labute approximate surface area is 89.7 Å². The van der Waals surface area contributed by atoms with E-state index in [0.29, 0.717) is 18.2 Å². The number of aryl methyl sites for hydroxylation is 1. The lowest BCUT2D eigenvalue weighted by Gasteiger charge is -2.19. The molecule has 0 saturated heterocycles. The zero-order chi connectivity index (χ0) is 10.7. The molecule has 0 N–H and O–H groups in total. The van der Waals surface area contributed by atoms with Crippen LogP contribution >= 0.6 is 0 Å². The number of carbonyl (C=O) groups is 1. The molecule has 2 rings (SSSR count). The maximum Gasteiger partial charge on any atom is 0.170 e. The van der Waals surface area contributed by atoms with Crippen molar-refractivity contribution in [2.24, 2.45) is 0 Å². The van der Waals surface area contributed by atoms with Crippen molar-refractivity contribution in [1.29, 1.82) is 0 Å². The fraction of sp³-hybridized carbons (Fsp3) is 0.727. The average Bonchev–Trinajstić information content (AvgIpc) is 2.72. The second-order valence-electron chi connectivity index (χ2n) is 4.13. The molecule has 1 fully saturated rings. The molecular weight excluding hydrogens is 190 g/mol. The molecule has 0 unspecified atom stereocenters. The van der Waals surface area contributed by atoms with Crippen LogP contribution < -0.4 is 0 Å². The lowest BCUT2D eigenvalue weighted by atomic mass is 9.86. The molecule has 1 aliphatic carbocycles. The fourth-order valence-electron chi connectivity index (χ4n) is 2.36. The van der Waals surface area contributed by atoms with E-state index in [1.807, 2.05) is 6.92 Å². The van der Waals surface area contributed by atoms with Crippen molar-refractivity contribution in [3.63, 3.8) is 0 Å². The van der Waals surface area contributed by atoms with E-state index in [0.717, 1.165) is 24.8 Å². The van der Waals surface area contributed by atoms with E-state index in [1.54, 1.807) is 4.68 Å².